The molecule has 146 valence electrons. The minimum Gasteiger partial charge on any atom is -0.497 e. The third-order valence-corrected chi connectivity index (χ3v) is 5.89. The molecule has 1 fully saturated rings. The summed E-state index contributed by atoms with van der Waals surface area (Å²) >= 11 is 0. The second-order valence-electron chi connectivity index (χ2n) is 7.73. The molecule has 0 radical (unpaired) electrons. The van der Waals surface area contributed by atoms with Gasteiger partial charge in [-0.3, -0.25) is 0 Å². The number of aliphatic hydroxyl groups is 1. The fourth-order valence-electron chi connectivity index (χ4n) is 4.40. The fourth-order valence-corrected chi connectivity index (χ4v) is 4.40. The van der Waals surface area contributed by atoms with Crippen LogP contribution in [0.3, 0.4) is 0 Å². The third kappa shape index (κ3) is 4.72. The van der Waals surface area contributed by atoms with Crippen LogP contribution < -0.4 is 4.74 Å². The summed E-state index contributed by atoms with van der Waals surface area (Å²) in [6.07, 6.45) is 5.52. The molecule has 3 rings (SSSR count). The normalized spacial score (nSPS) is 18.6. The van der Waals surface area contributed by atoms with E-state index in [1.807, 2.05) is 30.3 Å². The molecular weight excluding hydrogens is 334 g/mol. The number of methoxy groups -OCH3 is 1. The van der Waals surface area contributed by atoms with E-state index >= 15 is 0 Å². The highest BCUT2D eigenvalue weighted by Crippen LogP contribution is 2.42. The van der Waals surface area contributed by atoms with E-state index in [2.05, 4.69) is 36.1 Å². The van der Waals surface area contributed by atoms with E-state index in [1.54, 1.807) is 7.11 Å². The van der Waals surface area contributed by atoms with Crippen LogP contribution in [-0.4, -0.2) is 36.8 Å². The molecule has 2 atom stereocenters. The highest BCUT2D eigenvalue weighted by Gasteiger charge is 2.39. The summed E-state index contributed by atoms with van der Waals surface area (Å²) in [5, 5.41) is 12.0. The number of hydrogen-bond acceptors (Lipinski definition) is 3. The average Bonchev–Trinajstić information content (AvgIpc) is 2.73. The van der Waals surface area contributed by atoms with Gasteiger partial charge in [-0.25, -0.2) is 0 Å². The van der Waals surface area contributed by atoms with E-state index in [-0.39, 0.29) is 5.92 Å². The Labute approximate surface area is 164 Å². The van der Waals surface area contributed by atoms with Gasteiger partial charge in [0.1, 0.15) is 5.75 Å². The van der Waals surface area contributed by atoms with Gasteiger partial charge in [0, 0.05) is 12.5 Å². The van der Waals surface area contributed by atoms with Gasteiger partial charge in [0.2, 0.25) is 0 Å². The van der Waals surface area contributed by atoms with Gasteiger partial charge in [0.05, 0.1) is 12.7 Å². The second kappa shape index (κ2) is 9.38. The van der Waals surface area contributed by atoms with Crippen molar-refractivity contribution >= 4 is 0 Å². The van der Waals surface area contributed by atoms with Gasteiger partial charge in [-0.1, -0.05) is 62.2 Å². The average molecular weight is 368 g/mol. The summed E-state index contributed by atoms with van der Waals surface area (Å²) in [5.74, 6) is 0.870. The number of likely N-dealkylation sites (tertiary alicyclic amines) is 1. The van der Waals surface area contributed by atoms with Crippen molar-refractivity contribution in [2.45, 2.75) is 50.5 Å². The highest BCUT2D eigenvalue weighted by atomic mass is 16.5. The molecule has 1 N–H and O–H groups in total. The number of ether oxygens (including phenoxy) is 1. The van der Waals surface area contributed by atoms with Crippen molar-refractivity contribution in [3.63, 3.8) is 0 Å². The maximum Gasteiger partial charge on any atom is 0.118 e. The second-order valence-corrected chi connectivity index (χ2v) is 7.73. The maximum atomic E-state index is 12.0. The lowest BCUT2D eigenvalue weighted by Gasteiger charge is -2.41. The highest BCUT2D eigenvalue weighted by molar-refractivity contribution is 5.35. The number of benzene rings is 2. The summed E-state index contributed by atoms with van der Waals surface area (Å²) in [6.45, 7) is 5.31. The summed E-state index contributed by atoms with van der Waals surface area (Å²) in [4.78, 5) is 2.53. The standard InChI is InChI=1S/C24H33NO2/c1-3-16-24(26,21-12-14-22(27-2)15-13-21)23(20-10-6-4-7-11-20)19-25-17-8-5-9-18-25/h4,6-7,10-15,23,26H,3,5,8-9,16-19H2,1-2H3/t23-,24-/m1/s1. The molecule has 3 nitrogen and oxygen atoms in total. The van der Waals surface area contributed by atoms with Crippen molar-refractivity contribution in [1.82, 2.24) is 4.90 Å². The monoisotopic (exact) mass is 367 g/mol. The maximum absolute atomic E-state index is 12.0. The molecule has 1 heterocycles. The van der Waals surface area contributed by atoms with Crippen LogP contribution >= 0.6 is 0 Å². The Morgan fingerprint density at radius 1 is 1.00 bits per heavy atom. The molecule has 3 heteroatoms. The Balaban J connectivity index is 1.98. The topological polar surface area (TPSA) is 32.7 Å². The lowest BCUT2D eigenvalue weighted by molar-refractivity contribution is -0.0152. The van der Waals surface area contributed by atoms with Gasteiger partial charge in [0.15, 0.2) is 0 Å². The lowest BCUT2D eigenvalue weighted by Crippen LogP contribution is -2.42. The zero-order valence-electron chi connectivity index (χ0n) is 16.7. The molecule has 1 aliphatic rings. The molecule has 0 amide bonds. The fraction of sp³-hybridized carbons (Fsp3) is 0.500. The molecule has 0 saturated carbocycles. The molecule has 2 aromatic rings. The van der Waals surface area contributed by atoms with Crippen LogP contribution in [0.5, 0.6) is 5.75 Å². The molecule has 1 saturated heterocycles. The van der Waals surface area contributed by atoms with Gasteiger partial charge >= 0.3 is 0 Å². The molecule has 0 spiro atoms. The van der Waals surface area contributed by atoms with Crippen LogP contribution in [0.4, 0.5) is 0 Å². The van der Waals surface area contributed by atoms with Crippen LogP contribution in [0.1, 0.15) is 56.1 Å². The van der Waals surface area contributed by atoms with E-state index in [9.17, 15) is 5.11 Å². The number of rotatable bonds is 8. The Morgan fingerprint density at radius 3 is 2.26 bits per heavy atom. The van der Waals surface area contributed by atoms with Gasteiger partial charge in [-0.15, -0.1) is 0 Å². The van der Waals surface area contributed by atoms with Gasteiger partial charge in [-0.05, 0) is 55.6 Å². The van der Waals surface area contributed by atoms with Crippen LogP contribution in [-0.2, 0) is 5.60 Å². The predicted octanol–water partition coefficient (Wildman–Crippen LogP) is 4.95. The van der Waals surface area contributed by atoms with E-state index < -0.39 is 5.60 Å². The van der Waals surface area contributed by atoms with Crippen LogP contribution in [0, 0.1) is 0 Å². The zero-order chi connectivity index (χ0) is 19.1. The lowest BCUT2D eigenvalue weighted by atomic mass is 9.74. The van der Waals surface area contributed by atoms with E-state index in [4.69, 9.17) is 4.74 Å². The number of piperidine rings is 1. The molecular formula is C24H33NO2. The summed E-state index contributed by atoms with van der Waals surface area (Å²) in [6, 6.07) is 18.5. The van der Waals surface area contributed by atoms with Crippen LogP contribution in [0.15, 0.2) is 54.6 Å². The molecule has 0 bridgehead atoms. The molecule has 2 aromatic carbocycles. The first-order valence-electron chi connectivity index (χ1n) is 10.3. The van der Waals surface area contributed by atoms with Gasteiger partial charge in [0.25, 0.3) is 0 Å². The van der Waals surface area contributed by atoms with E-state index in [0.717, 1.165) is 43.8 Å². The van der Waals surface area contributed by atoms with Gasteiger partial charge in [-0.2, -0.15) is 0 Å². The van der Waals surface area contributed by atoms with E-state index in [1.165, 1.54) is 24.8 Å². The molecule has 1 aliphatic heterocycles. The summed E-state index contributed by atoms with van der Waals surface area (Å²) < 4.78 is 5.32. The zero-order valence-corrected chi connectivity index (χ0v) is 16.7. The quantitative estimate of drug-likeness (QED) is 0.716. The Morgan fingerprint density at radius 2 is 1.67 bits per heavy atom. The number of nitrogens with zero attached hydrogens (tertiary/aromatic N) is 1. The molecule has 0 unspecified atom stereocenters. The number of hydrogen-bond donors (Lipinski definition) is 1. The minimum absolute atomic E-state index is 0.0464. The Hall–Kier alpha value is -1.84. The first-order valence-corrected chi connectivity index (χ1v) is 10.3. The largest absolute Gasteiger partial charge is 0.497 e. The van der Waals surface area contributed by atoms with Crippen molar-refractivity contribution < 1.29 is 9.84 Å². The third-order valence-electron chi connectivity index (χ3n) is 5.89. The van der Waals surface area contributed by atoms with Crippen molar-refractivity contribution in [3.05, 3.63) is 65.7 Å². The summed E-state index contributed by atoms with van der Waals surface area (Å²) in [7, 11) is 1.68. The Kier molecular flexibility index (Phi) is 6.92. The minimum atomic E-state index is -0.889. The van der Waals surface area contributed by atoms with Crippen molar-refractivity contribution in [2.75, 3.05) is 26.7 Å². The van der Waals surface area contributed by atoms with E-state index in [0.29, 0.717) is 0 Å². The molecule has 0 aromatic heterocycles. The van der Waals surface area contributed by atoms with Crippen molar-refractivity contribution in [1.29, 1.82) is 0 Å². The first-order chi connectivity index (χ1) is 13.2. The molecule has 27 heavy (non-hydrogen) atoms. The summed E-state index contributed by atoms with van der Waals surface area (Å²) in [5.41, 5.74) is 1.31. The first kappa shape index (κ1) is 19.9. The smallest absolute Gasteiger partial charge is 0.118 e. The van der Waals surface area contributed by atoms with Crippen LogP contribution in [0.25, 0.3) is 0 Å². The van der Waals surface area contributed by atoms with Gasteiger partial charge < -0.3 is 14.7 Å². The van der Waals surface area contributed by atoms with Crippen LogP contribution in [0.2, 0.25) is 0 Å². The van der Waals surface area contributed by atoms with Crippen molar-refractivity contribution in [3.8, 4) is 5.75 Å². The SMILES string of the molecule is CCC[C@@](O)(c1ccc(OC)cc1)[C@H](CN1CCCCC1)c1ccccc1. The predicted molar refractivity (Wildman–Crippen MR) is 111 cm³/mol. The Bertz CT molecular complexity index is 679. The molecule has 0 aliphatic carbocycles. The van der Waals surface area contributed by atoms with Crippen molar-refractivity contribution in [2.24, 2.45) is 0 Å².